The molecule has 8 nitrogen and oxygen atoms in total. The SMILES string of the molecule is CC(=O)Oc1c(C(=O)Nc2ccccc2)c(=O)n(C)c2ccc3c(c12)OCO3. The molecular formula is C20H16N2O6. The summed E-state index contributed by atoms with van der Waals surface area (Å²) in [5.41, 5.74) is 0.0528. The lowest BCUT2D eigenvalue weighted by Crippen LogP contribution is -2.29. The fraction of sp³-hybridized carbons (Fsp3) is 0.150. The molecule has 0 saturated heterocycles. The number of nitrogens with zero attached hydrogens (tertiary/aromatic N) is 1. The fourth-order valence-corrected chi connectivity index (χ4v) is 3.12. The van der Waals surface area contributed by atoms with Gasteiger partial charge in [0, 0.05) is 19.7 Å². The first-order valence-electron chi connectivity index (χ1n) is 8.47. The maximum absolute atomic E-state index is 13.0. The van der Waals surface area contributed by atoms with Crippen molar-refractivity contribution in [2.45, 2.75) is 6.92 Å². The number of carbonyl (C=O) groups excluding carboxylic acids is 2. The first-order valence-corrected chi connectivity index (χ1v) is 8.47. The van der Waals surface area contributed by atoms with Gasteiger partial charge in [-0.2, -0.15) is 0 Å². The average Bonchev–Trinajstić information content (AvgIpc) is 3.14. The summed E-state index contributed by atoms with van der Waals surface area (Å²) in [5.74, 6) is -0.755. The van der Waals surface area contributed by atoms with Crippen molar-refractivity contribution < 1.29 is 23.8 Å². The summed E-state index contributed by atoms with van der Waals surface area (Å²) in [4.78, 5) is 37.7. The van der Waals surface area contributed by atoms with Gasteiger partial charge in [-0.1, -0.05) is 18.2 Å². The molecule has 142 valence electrons. The third-order valence-corrected chi connectivity index (χ3v) is 4.36. The van der Waals surface area contributed by atoms with Crippen LogP contribution in [0.4, 0.5) is 5.69 Å². The number of amides is 1. The summed E-state index contributed by atoms with van der Waals surface area (Å²) in [7, 11) is 1.53. The van der Waals surface area contributed by atoms with Crippen molar-refractivity contribution in [3.63, 3.8) is 0 Å². The number of rotatable bonds is 3. The lowest BCUT2D eigenvalue weighted by molar-refractivity contribution is -0.131. The predicted octanol–water partition coefficient (Wildman–Crippen LogP) is 2.44. The van der Waals surface area contributed by atoms with Crippen molar-refractivity contribution in [3.8, 4) is 17.2 Å². The van der Waals surface area contributed by atoms with E-state index in [9.17, 15) is 14.4 Å². The molecule has 4 rings (SSSR count). The van der Waals surface area contributed by atoms with Crippen LogP contribution in [0.5, 0.6) is 17.2 Å². The Balaban J connectivity index is 1.99. The van der Waals surface area contributed by atoms with Crippen LogP contribution in [0.3, 0.4) is 0 Å². The monoisotopic (exact) mass is 380 g/mol. The van der Waals surface area contributed by atoms with Crippen LogP contribution in [-0.2, 0) is 11.8 Å². The molecule has 1 N–H and O–H groups in total. The summed E-state index contributed by atoms with van der Waals surface area (Å²) in [6.45, 7) is 1.19. The number of carbonyl (C=O) groups is 2. The molecule has 0 bridgehead atoms. The van der Waals surface area contributed by atoms with Gasteiger partial charge in [0.15, 0.2) is 17.2 Å². The van der Waals surface area contributed by atoms with Crippen molar-refractivity contribution in [1.82, 2.24) is 4.57 Å². The summed E-state index contributed by atoms with van der Waals surface area (Å²) in [5, 5.41) is 2.98. The molecule has 3 aromatic rings. The third kappa shape index (κ3) is 2.84. The van der Waals surface area contributed by atoms with Gasteiger partial charge in [0.05, 0.1) is 10.9 Å². The molecule has 8 heteroatoms. The minimum Gasteiger partial charge on any atom is -0.454 e. The molecule has 0 saturated carbocycles. The minimum atomic E-state index is -0.693. The molecule has 28 heavy (non-hydrogen) atoms. The Bertz CT molecular complexity index is 1170. The van der Waals surface area contributed by atoms with Crippen molar-refractivity contribution in [1.29, 1.82) is 0 Å². The molecule has 1 amide bonds. The number of benzene rings is 2. The molecular weight excluding hydrogens is 364 g/mol. The minimum absolute atomic E-state index is 0.0116. The maximum atomic E-state index is 13.0. The Morgan fingerprint density at radius 3 is 2.57 bits per heavy atom. The van der Waals surface area contributed by atoms with Crippen molar-refractivity contribution in [2.24, 2.45) is 7.05 Å². The number of esters is 1. The van der Waals surface area contributed by atoms with E-state index in [1.807, 2.05) is 0 Å². The molecule has 1 aliphatic heterocycles. The Kier molecular flexibility index (Phi) is 4.23. The van der Waals surface area contributed by atoms with Gasteiger partial charge >= 0.3 is 5.97 Å². The summed E-state index contributed by atoms with van der Waals surface area (Å²) < 4.78 is 17.5. The highest BCUT2D eigenvalue weighted by Gasteiger charge is 2.29. The lowest BCUT2D eigenvalue weighted by atomic mass is 10.1. The van der Waals surface area contributed by atoms with Gasteiger partial charge in [-0.3, -0.25) is 14.4 Å². The van der Waals surface area contributed by atoms with E-state index in [-0.39, 0.29) is 18.1 Å². The summed E-state index contributed by atoms with van der Waals surface area (Å²) in [6.07, 6.45) is 0. The van der Waals surface area contributed by atoms with Gasteiger partial charge in [0.2, 0.25) is 6.79 Å². The average molecular weight is 380 g/mol. The summed E-state index contributed by atoms with van der Waals surface area (Å²) in [6, 6.07) is 12.0. The number of nitrogens with one attached hydrogen (secondary N) is 1. The van der Waals surface area contributed by atoms with Crippen LogP contribution in [0.2, 0.25) is 0 Å². The zero-order valence-corrected chi connectivity index (χ0v) is 15.1. The number of pyridine rings is 1. The molecule has 2 heterocycles. The van der Waals surface area contributed by atoms with Gasteiger partial charge in [-0.05, 0) is 24.3 Å². The molecule has 0 unspecified atom stereocenters. The molecule has 0 aliphatic carbocycles. The molecule has 0 radical (unpaired) electrons. The smallest absolute Gasteiger partial charge is 0.308 e. The Labute approximate surface area is 159 Å². The normalized spacial score (nSPS) is 12.1. The van der Waals surface area contributed by atoms with Crippen LogP contribution in [0, 0.1) is 0 Å². The Hall–Kier alpha value is -3.81. The molecule has 1 aliphatic rings. The van der Waals surface area contributed by atoms with E-state index in [0.717, 1.165) is 0 Å². The van der Waals surface area contributed by atoms with E-state index in [0.29, 0.717) is 28.1 Å². The standard InChI is InChI=1S/C20H16N2O6/c1-11(23)28-18-15-13(8-9-14-17(15)27-10-26-14)22(2)20(25)16(18)19(24)21-12-6-4-3-5-7-12/h3-9H,10H2,1-2H3,(H,21,24). The molecule has 0 atom stereocenters. The number of para-hydroxylation sites is 1. The Morgan fingerprint density at radius 2 is 1.86 bits per heavy atom. The first-order chi connectivity index (χ1) is 13.5. The number of fused-ring (bicyclic) bond motifs is 3. The number of aryl methyl sites for hydroxylation is 1. The van der Waals surface area contributed by atoms with E-state index in [2.05, 4.69) is 5.32 Å². The van der Waals surface area contributed by atoms with E-state index < -0.39 is 17.4 Å². The van der Waals surface area contributed by atoms with Crippen LogP contribution in [0.15, 0.2) is 47.3 Å². The highest BCUT2D eigenvalue weighted by atomic mass is 16.7. The van der Waals surface area contributed by atoms with Gasteiger partial charge in [0.25, 0.3) is 11.5 Å². The number of hydrogen-bond donors (Lipinski definition) is 1. The highest BCUT2D eigenvalue weighted by molar-refractivity contribution is 6.11. The Morgan fingerprint density at radius 1 is 1.11 bits per heavy atom. The van der Waals surface area contributed by atoms with E-state index in [1.54, 1.807) is 42.5 Å². The van der Waals surface area contributed by atoms with Crippen LogP contribution in [-0.4, -0.2) is 23.2 Å². The second-order valence-electron chi connectivity index (χ2n) is 6.18. The molecule has 1 aromatic heterocycles. The van der Waals surface area contributed by atoms with Crippen molar-refractivity contribution in [2.75, 3.05) is 12.1 Å². The molecule has 2 aromatic carbocycles. The quantitative estimate of drug-likeness (QED) is 0.701. The van der Waals surface area contributed by atoms with Gasteiger partial charge in [-0.15, -0.1) is 0 Å². The van der Waals surface area contributed by atoms with Crippen LogP contribution in [0.1, 0.15) is 17.3 Å². The van der Waals surface area contributed by atoms with Crippen LogP contribution < -0.4 is 25.1 Å². The second kappa shape index (κ2) is 6.73. The highest BCUT2D eigenvalue weighted by Crippen LogP contribution is 2.44. The van der Waals surface area contributed by atoms with E-state index in [1.165, 1.54) is 18.5 Å². The van der Waals surface area contributed by atoms with Crippen molar-refractivity contribution >= 4 is 28.5 Å². The largest absolute Gasteiger partial charge is 0.454 e. The topological polar surface area (TPSA) is 95.9 Å². The number of anilines is 1. The molecule has 0 fully saturated rings. The number of aromatic nitrogens is 1. The predicted molar refractivity (Wildman–Crippen MR) is 101 cm³/mol. The van der Waals surface area contributed by atoms with Crippen LogP contribution >= 0.6 is 0 Å². The van der Waals surface area contributed by atoms with E-state index >= 15 is 0 Å². The second-order valence-corrected chi connectivity index (χ2v) is 6.18. The first kappa shape index (κ1) is 17.6. The van der Waals surface area contributed by atoms with E-state index in [4.69, 9.17) is 14.2 Å². The summed E-state index contributed by atoms with van der Waals surface area (Å²) >= 11 is 0. The fourth-order valence-electron chi connectivity index (χ4n) is 3.12. The third-order valence-electron chi connectivity index (χ3n) is 4.36. The van der Waals surface area contributed by atoms with Crippen LogP contribution in [0.25, 0.3) is 10.9 Å². The zero-order chi connectivity index (χ0) is 19.8. The maximum Gasteiger partial charge on any atom is 0.308 e. The zero-order valence-electron chi connectivity index (χ0n) is 15.1. The van der Waals surface area contributed by atoms with Crippen molar-refractivity contribution in [3.05, 3.63) is 58.4 Å². The number of ether oxygens (including phenoxy) is 3. The van der Waals surface area contributed by atoms with Gasteiger partial charge < -0.3 is 24.1 Å². The lowest BCUT2D eigenvalue weighted by Gasteiger charge is -2.16. The van der Waals surface area contributed by atoms with Gasteiger partial charge in [0.1, 0.15) is 5.56 Å². The van der Waals surface area contributed by atoms with Gasteiger partial charge in [-0.25, -0.2) is 0 Å². The molecule has 0 spiro atoms. The number of hydrogen-bond acceptors (Lipinski definition) is 6.